The molecule has 0 amide bonds. The Kier molecular flexibility index (Phi) is 5.39. The predicted octanol–water partition coefficient (Wildman–Crippen LogP) is 4.35. The molecule has 4 heterocycles. The lowest BCUT2D eigenvalue weighted by atomic mass is 10.0. The van der Waals surface area contributed by atoms with Crippen molar-refractivity contribution in [2.75, 3.05) is 6.54 Å². The van der Waals surface area contributed by atoms with Crippen LogP contribution in [0.4, 0.5) is 0 Å². The fourth-order valence-electron chi connectivity index (χ4n) is 3.92. The lowest BCUT2D eigenvalue weighted by molar-refractivity contribution is 0.304. The van der Waals surface area contributed by atoms with Crippen molar-refractivity contribution < 1.29 is 0 Å². The van der Waals surface area contributed by atoms with Crippen molar-refractivity contribution in [3.63, 3.8) is 0 Å². The zero-order valence-corrected chi connectivity index (χ0v) is 17.1. The highest BCUT2D eigenvalue weighted by molar-refractivity contribution is 7.80. The zero-order valence-electron chi connectivity index (χ0n) is 16.2. The van der Waals surface area contributed by atoms with Crippen LogP contribution < -0.4 is 5.32 Å². The van der Waals surface area contributed by atoms with Crippen molar-refractivity contribution >= 4 is 17.3 Å². The van der Waals surface area contributed by atoms with Gasteiger partial charge in [0.2, 0.25) is 0 Å². The summed E-state index contributed by atoms with van der Waals surface area (Å²) >= 11 is 5.74. The monoisotopic (exact) mass is 391 g/mol. The molecule has 2 atom stereocenters. The zero-order chi connectivity index (χ0) is 19.5. The van der Waals surface area contributed by atoms with Crippen molar-refractivity contribution in [1.29, 1.82) is 0 Å². The molecule has 0 radical (unpaired) electrons. The Balaban J connectivity index is 1.82. The van der Waals surface area contributed by atoms with E-state index < -0.39 is 0 Å². The summed E-state index contributed by atoms with van der Waals surface area (Å²) in [5, 5.41) is 4.33. The van der Waals surface area contributed by atoms with E-state index in [1.165, 1.54) is 11.4 Å². The summed E-state index contributed by atoms with van der Waals surface area (Å²) in [6, 6.07) is 14.6. The minimum absolute atomic E-state index is 0.00952. The molecule has 1 aliphatic rings. The Morgan fingerprint density at radius 3 is 2.71 bits per heavy atom. The number of rotatable bonds is 6. The quantitative estimate of drug-likeness (QED) is 0.633. The molecule has 28 heavy (non-hydrogen) atoms. The van der Waals surface area contributed by atoms with Crippen LogP contribution in [0.1, 0.15) is 48.9 Å². The van der Waals surface area contributed by atoms with Crippen molar-refractivity contribution in [1.82, 2.24) is 24.8 Å². The van der Waals surface area contributed by atoms with Crippen LogP contribution in [0.25, 0.3) is 5.69 Å². The Labute approximate surface area is 171 Å². The third-order valence-electron chi connectivity index (χ3n) is 5.26. The van der Waals surface area contributed by atoms with Gasteiger partial charge in [-0.1, -0.05) is 19.4 Å². The number of unbranched alkanes of at least 4 members (excludes halogenated alkanes) is 1. The first-order valence-corrected chi connectivity index (χ1v) is 10.2. The minimum atomic E-state index is 0.00952. The Morgan fingerprint density at radius 2 is 2.00 bits per heavy atom. The average molecular weight is 392 g/mol. The summed E-state index contributed by atoms with van der Waals surface area (Å²) in [6.07, 6.45) is 7.78. The number of aryl methyl sites for hydroxylation is 1. The van der Waals surface area contributed by atoms with Gasteiger partial charge in [0.05, 0.1) is 29.7 Å². The number of nitrogens with one attached hydrogen (secondary N) is 1. The molecule has 5 nitrogen and oxygen atoms in total. The van der Waals surface area contributed by atoms with E-state index in [1.54, 1.807) is 6.20 Å². The van der Waals surface area contributed by atoms with Gasteiger partial charge >= 0.3 is 0 Å². The van der Waals surface area contributed by atoms with E-state index in [2.05, 4.69) is 62.9 Å². The molecule has 0 aromatic carbocycles. The van der Waals surface area contributed by atoms with Crippen LogP contribution in [-0.2, 0) is 0 Å². The predicted molar refractivity (Wildman–Crippen MR) is 115 cm³/mol. The minimum Gasteiger partial charge on any atom is -0.352 e. The number of pyridine rings is 2. The van der Waals surface area contributed by atoms with Gasteiger partial charge in [-0.2, -0.15) is 0 Å². The van der Waals surface area contributed by atoms with Gasteiger partial charge in [0, 0.05) is 30.3 Å². The second-order valence-corrected chi connectivity index (χ2v) is 7.51. The maximum atomic E-state index is 5.74. The van der Waals surface area contributed by atoms with E-state index in [9.17, 15) is 0 Å². The van der Waals surface area contributed by atoms with Crippen LogP contribution in [-0.4, -0.2) is 31.1 Å². The van der Waals surface area contributed by atoms with E-state index in [-0.39, 0.29) is 12.1 Å². The molecule has 3 aromatic rings. The first-order chi connectivity index (χ1) is 13.7. The van der Waals surface area contributed by atoms with Crippen LogP contribution in [0, 0.1) is 6.92 Å². The molecule has 1 fully saturated rings. The highest BCUT2D eigenvalue weighted by atomic mass is 32.1. The standard InChI is InChI=1S/C22H25N5S/c1-3-4-14-26-21(20(25-22(26)28)18-9-5-6-13-24-18)19-11-10-16(2)27(19)17-8-7-12-23-15-17/h5-13,15,20-21H,3-4,14H2,1-2H3,(H,25,28)/t20-,21+/m0/s1. The SMILES string of the molecule is CCCCN1C(=S)N[C@@H](c2ccccn2)[C@H]1c1ccc(C)n1-c1cccnc1. The highest BCUT2D eigenvalue weighted by Crippen LogP contribution is 2.40. The van der Waals surface area contributed by atoms with Gasteiger partial charge in [-0.15, -0.1) is 0 Å². The van der Waals surface area contributed by atoms with Gasteiger partial charge in [0.25, 0.3) is 0 Å². The number of aromatic nitrogens is 3. The van der Waals surface area contributed by atoms with Crippen LogP contribution in [0.3, 0.4) is 0 Å². The van der Waals surface area contributed by atoms with Crippen LogP contribution >= 0.6 is 12.2 Å². The third-order valence-corrected chi connectivity index (χ3v) is 5.62. The third kappa shape index (κ3) is 3.40. The van der Waals surface area contributed by atoms with Gasteiger partial charge in [0.1, 0.15) is 0 Å². The van der Waals surface area contributed by atoms with Crippen LogP contribution in [0.15, 0.2) is 61.1 Å². The molecule has 144 valence electrons. The molecule has 6 heteroatoms. The summed E-state index contributed by atoms with van der Waals surface area (Å²) in [4.78, 5) is 11.3. The van der Waals surface area contributed by atoms with E-state index in [0.717, 1.165) is 35.9 Å². The number of nitrogens with zero attached hydrogens (tertiary/aromatic N) is 4. The van der Waals surface area contributed by atoms with E-state index in [0.29, 0.717) is 0 Å². The smallest absolute Gasteiger partial charge is 0.170 e. The number of hydrogen-bond acceptors (Lipinski definition) is 3. The molecule has 3 aromatic heterocycles. The summed E-state index contributed by atoms with van der Waals surface area (Å²) < 4.78 is 2.28. The summed E-state index contributed by atoms with van der Waals surface area (Å²) in [5.41, 5.74) is 4.44. The lowest BCUT2D eigenvalue weighted by Gasteiger charge is -2.29. The first kappa shape index (κ1) is 18.6. The van der Waals surface area contributed by atoms with Crippen LogP contribution in [0.5, 0.6) is 0 Å². The maximum Gasteiger partial charge on any atom is 0.170 e. The molecule has 4 rings (SSSR count). The van der Waals surface area contributed by atoms with Crippen LogP contribution in [0.2, 0.25) is 0 Å². The van der Waals surface area contributed by atoms with Crippen molar-refractivity contribution in [2.24, 2.45) is 0 Å². The lowest BCUT2D eigenvalue weighted by Crippen LogP contribution is -2.31. The molecule has 0 bridgehead atoms. The Bertz CT molecular complexity index is 938. The molecule has 1 N–H and O–H groups in total. The number of thiocarbonyl (C=S) groups is 1. The molecular weight excluding hydrogens is 366 g/mol. The molecule has 0 spiro atoms. The average Bonchev–Trinajstić information content (AvgIpc) is 3.27. The largest absolute Gasteiger partial charge is 0.352 e. The van der Waals surface area contributed by atoms with Gasteiger partial charge in [-0.3, -0.25) is 9.97 Å². The van der Waals surface area contributed by atoms with Gasteiger partial charge in [-0.05, 0) is 62.0 Å². The maximum absolute atomic E-state index is 5.74. The Morgan fingerprint density at radius 1 is 1.11 bits per heavy atom. The molecule has 1 aliphatic heterocycles. The Hall–Kier alpha value is -2.73. The molecule has 0 unspecified atom stereocenters. The van der Waals surface area contributed by atoms with Gasteiger partial charge < -0.3 is 14.8 Å². The molecular formula is C22H25N5S. The van der Waals surface area contributed by atoms with Crippen molar-refractivity contribution in [3.05, 3.63) is 78.1 Å². The normalized spacial score (nSPS) is 19.1. The van der Waals surface area contributed by atoms with Crippen molar-refractivity contribution in [3.8, 4) is 5.69 Å². The van der Waals surface area contributed by atoms with Gasteiger partial charge in [-0.25, -0.2) is 0 Å². The first-order valence-electron chi connectivity index (χ1n) is 9.77. The van der Waals surface area contributed by atoms with Crippen molar-refractivity contribution in [2.45, 2.75) is 38.8 Å². The second kappa shape index (κ2) is 8.10. The van der Waals surface area contributed by atoms with E-state index >= 15 is 0 Å². The summed E-state index contributed by atoms with van der Waals surface area (Å²) in [7, 11) is 0. The number of hydrogen-bond donors (Lipinski definition) is 1. The van der Waals surface area contributed by atoms with E-state index in [4.69, 9.17) is 12.2 Å². The summed E-state index contributed by atoms with van der Waals surface area (Å²) in [6.45, 7) is 5.26. The topological polar surface area (TPSA) is 46.0 Å². The van der Waals surface area contributed by atoms with Gasteiger partial charge in [0.15, 0.2) is 5.11 Å². The fourth-order valence-corrected chi connectivity index (χ4v) is 4.26. The molecule has 0 aliphatic carbocycles. The highest BCUT2D eigenvalue weighted by Gasteiger charge is 2.41. The molecule has 0 saturated carbocycles. The fraction of sp³-hybridized carbons (Fsp3) is 0.318. The second-order valence-electron chi connectivity index (χ2n) is 7.12. The molecule has 1 saturated heterocycles. The van der Waals surface area contributed by atoms with E-state index in [1.807, 2.05) is 30.6 Å². The summed E-state index contributed by atoms with van der Waals surface area (Å²) in [5.74, 6) is 0.